The number of aryl methyl sites for hydroxylation is 2. The zero-order chi connectivity index (χ0) is 26.3. The van der Waals surface area contributed by atoms with Gasteiger partial charge in [-0.1, -0.05) is 18.2 Å². The average Bonchev–Trinajstić information content (AvgIpc) is 3.46. The number of nitrogens with one attached hydrogen (secondary N) is 2. The maximum Gasteiger partial charge on any atom is 0.339 e. The molecule has 3 N–H and O–H groups in total. The number of nitrogens with zero attached hydrogens (tertiary/aromatic N) is 2. The summed E-state index contributed by atoms with van der Waals surface area (Å²) >= 11 is 1.51. The Balaban J connectivity index is 1.41. The number of benzene rings is 1. The summed E-state index contributed by atoms with van der Waals surface area (Å²) < 4.78 is 1.91. The molecular weight excluding hydrogens is 492 g/mol. The van der Waals surface area contributed by atoms with Gasteiger partial charge in [-0.05, 0) is 74.9 Å². The van der Waals surface area contributed by atoms with E-state index in [0.29, 0.717) is 21.8 Å². The number of aromatic carboxylic acids is 1. The molecule has 1 aliphatic heterocycles. The molecule has 0 unspecified atom stereocenters. The lowest BCUT2D eigenvalue weighted by atomic mass is 9.95. The molecule has 1 aromatic carbocycles. The number of carboxylic acids is 1. The summed E-state index contributed by atoms with van der Waals surface area (Å²) in [6.07, 6.45) is 5.24. The zero-order valence-electron chi connectivity index (χ0n) is 20.5. The Kier molecular flexibility index (Phi) is 6.43. The minimum Gasteiger partial charge on any atom is -0.478 e. The van der Waals surface area contributed by atoms with Crippen LogP contribution in [0, 0.1) is 13.8 Å². The van der Waals surface area contributed by atoms with Crippen LogP contribution in [0.5, 0.6) is 0 Å². The molecule has 1 fully saturated rings. The van der Waals surface area contributed by atoms with Gasteiger partial charge in [0.15, 0.2) is 0 Å². The van der Waals surface area contributed by atoms with Crippen molar-refractivity contribution in [1.82, 2.24) is 14.8 Å². The van der Waals surface area contributed by atoms with Crippen molar-refractivity contribution in [2.45, 2.75) is 39.5 Å². The van der Waals surface area contributed by atoms with E-state index < -0.39 is 30.4 Å². The number of fused-ring (bicyclic) bond motifs is 1. The third kappa shape index (κ3) is 4.55. The fraction of sp³-hybridized carbons (Fsp3) is 0.259. The van der Waals surface area contributed by atoms with Crippen LogP contribution in [0.1, 0.15) is 50.6 Å². The number of urea groups is 1. The molecule has 0 bridgehead atoms. The third-order valence-corrected chi connectivity index (χ3v) is 7.94. The molecule has 4 amide bonds. The lowest BCUT2D eigenvalue weighted by Crippen LogP contribution is -2.38. The molecule has 1 saturated heterocycles. The van der Waals surface area contributed by atoms with Gasteiger partial charge in [0, 0.05) is 22.0 Å². The molecule has 0 saturated carbocycles. The molecule has 190 valence electrons. The standard InChI is InChI=1S/C27H26N4O5S/c1-15-12-17(16(2)31(15)25-23(26(34)35)19-10-6-7-11-21(19)37-25)13-20-24(33)30(27(36)29-20)14-22(32)28-18-8-4-3-5-9-18/h3-5,8-9,12-13H,6-7,10-11,14H2,1-2H3,(H,28,32)(H,29,36)(H,34,35)/b20-13-. The first-order valence-corrected chi connectivity index (χ1v) is 12.8. The number of amides is 4. The van der Waals surface area contributed by atoms with Gasteiger partial charge in [-0.2, -0.15) is 0 Å². The summed E-state index contributed by atoms with van der Waals surface area (Å²) in [6.45, 7) is 3.32. The smallest absolute Gasteiger partial charge is 0.339 e. The third-order valence-electron chi connectivity index (χ3n) is 6.66. The molecule has 1 aliphatic carbocycles. The normalized spacial score (nSPS) is 16.2. The lowest BCUT2D eigenvalue weighted by Gasteiger charge is -2.12. The highest BCUT2D eigenvalue weighted by molar-refractivity contribution is 7.15. The summed E-state index contributed by atoms with van der Waals surface area (Å²) in [5.74, 6) is -2.03. The quantitative estimate of drug-likeness (QED) is 0.333. The van der Waals surface area contributed by atoms with E-state index in [-0.39, 0.29) is 5.70 Å². The molecule has 2 aromatic heterocycles. The van der Waals surface area contributed by atoms with Crippen LogP contribution in [-0.4, -0.2) is 44.9 Å². The van der Waals surface area contributed by atoms with E-state index in [0.717, 1.165) is 52.4 Å². The second-order valence-corrected chi connectivity index (χ2v) is 10.2. The van der Waals surface area contributed by atoms with Crippen LogP contribution in [0.3, 0.4) is 0 Å². The van der Waals surface area contributed by atoms with Crippen molar-refractivity contribution in [3.63, 3.8) is 0 Å². The average molecular weight is 519 g/mol. The van der Waals surface area contributed by atoms with Crippen LogP contribution in [0.25, 0.3) is 11.1 Å². The van der Waals surface area contributed by atoms with E-state index in [4.69, 9.17) is 0 Å². The predicted molar refractivity (Wildman–Crippen MR) is 140 cm³/mol. The lowest BCUT2D eigenvalue weighted by molar-refractivity contribution is -0.127. The first-order chi connectivity index (χ1) is 17.7. The molecule has 37 heavy (non-hydrogen) atoms. The summed E-state index contributed by atoms with van der Waals surface area (Å²) in [4.78, 5) is 52.0. The monoisotopic (exact) mass is 518 g/mol. The molecule has 10 heteroatoms. The number of aromatic nitrogens is 1. The second-order valence-electron chi connectivity index (χ2n) is 9.15. The van der Waals surface area contributed by atoms with Crippen molar-refractivity contribution in [2.75, 3.05) is 11.9 Å². The van der Waals surface area contributed by atoms with Gasteiger partial charge < -0.3 is 20.3 Å². The number of thiophene rings is 1. The molecule has 0 spiro atoms. The largest absolute Gasteiger partial charge is 0.478 e. The molecule has 0 atom stereocenters. The highest BCUT2D eigenvalue weighted by Crippen LogP contribution is 2.39. The van der Waals surface area contributed by atoms with Gasteiger partial charge in [-0.3, -0.25) is 9.59 Å². The van der Waals surface area contributed by atoms with Crippen molar-refractivity contribution < 1.29 is 24.3 Å². The Morgan fingerprint density at radius 2 is 1.86 bits per heavy atom. The number of rotatable bonds is 6. The summed E-state index contributed by atoms with van der Waals surface area (Å²) in [7, 11) is 0. The Labute approximate surface area is 217 Å². The van der Waals surface area contributed by atoms with Gasteiger partial charge in [0.2, 0.25) is 5.91 Å². The van der Waals surface area contributed by atoms with Crippen LogP contribution in [-0.2, 0) is 22.4 Å². The van der Waals surface area contributed by atoms with E-state index in [2.05, 4.69) is 10.6 Å². The SMILES string of the molecule is Cc1cc(/C=C2\NC(=O)N(CC(=O)Nc3ccccc3)C2=O)c(C)n1-c1sc2c(c1C(=O)O)CCCC2. The molecular formula is C27H26N4O5S. The fourth-order valence-corrected chi connectivity index (χ4v) is 6.40. The first-order valence-electron chi connectivity index (χ1n) is 12.0. The number of carboxylic acid groups (broad SMARTS) is 1. The number of hydrogen-bond acceptors (Lipinski definition) is 5. The van der Waals surface area contributed by atoms with Crippen molar-refractivity contribution >= 4 is 46.9 Å². The van der Waals surface area contributed by atoms with Crippen molar-refractivity contribution in [2.24, 2.45) is 0 Å². The molecule has 2 aliphatic rings. The minimum absolute atomic E-state index is 0.0571. The number of anilines is 1. The molecule has 9 nitrogen and oxygen atoms in total. The van der Waals surface area contributed by atoms with E-state index in [1.807, 2.05) is 30.5 Å². The van der Waals surface area contributed by atoms with E-state index in [1.165, 1.54) is 11.3 Å². The predicted octanol–water partition coefficient (Wildman–Crippen LogP) is 4.26. The Morgan fingerprint density at radius 3 is 2.59 bits per heavy atom. The molecule has 3 heterocycles. The zero-order valence-corrected chi connectivity index (χ0v) is 21.3. The number of carbonyl (C=O) groups is 4. The molecule has 5 rings (SSSR count). The Hall–Kier alpha value is -4.18. The van der Waals surface area contributed by atoms with Crippen molar-refractivity contribution in [3.8, 4) is 5.00 Å². The topological polar surface area (TPSA) is 121 Å². The van der Waals surface area contributed by atoms with E-state index in [9.17, 15) is 24.3 Å². The second kappa shape index (κ2) is 9.70. The van der Waals surface area contributed by atoms with Crippen LogP contribution in [0.4, 0.5) is 10.5 Å². The Bertz CT molecular complexity index is 1470. The molecule has 0 radical (unpaired) electrons. The van der Waals surface area contributed by atoms with Crippen molar-refractivity contribution in [3.05, 3.63) is 75.1 Å². The summed E-state index contributed by atoms with van der Waals surface area (Å²) in [5.41, 5.74) is 4.16. The fourth-order valence-electron chi connectivity index (χ4n) is 4.91. The van der Waals surface area contributed by atoms with Crippen LogP contribution in [0.15, 0.2) is 42.1 Å². The van der Waals surface area contributed by atoms with Gasteiger partial charge in [0.25, 0.3) is 5.91 Å². The maximum atomic E-state index is 13.0. The van der Waals surface area contributed by atoms with Gasteiger partial charge in [-0.25, -0.2) is 14.5 Å². The Morgan fingerprint density at radius 1 is 1.14 bits per heavy atom. The van der Waals surface area contributed by atoms with Crippen LogP contribution in [0.2, 0.25) is 0 Å². The van der Waals surface area contributed by atoms with Gasteiger partial charge in [0.05, 0.1) is 5.56 Å². The van der Waals surface area contributed by atoms with Crippen LogP contribution < -0.4 is 10.6 Å². The van der Waals surface area contributed by atoms with E-state index >= 15 is 0 Å². The highest BCUT2D eigenvalue weighted by atomic mass is 32.1. The minimum atomic E-state index is -0.940. The number of hydrogen-bond donors (Lipinski definition) is 3. The maximum absolute atomic E-state index is 13.0. The number of imide groups is 1. The highest BCUT2D eigenvalue weighted by Gasteiger charge is 2.35. The summed E-state index contributed by atoms with van der Waals surface area (Å²) in [6, 6.07) is 9.96. The number of para-hydroxylation sites is 1. The molecule has 3 aromatic rings. The van der Waals surface area contributed by atoms with Gasteiger partial charge in [-0.15, -0.1) is 11.3 Å². The van der Waals surface area contributed by atoms with Crippen LogP contribution >= 0.6 is 11.3 Å². The van der Waals surface area contributed by atoms with Crippen molar-refractivity contribution in [1.29, 1.82) is 0 Å². The summed E-state index contributed by atoms with van der Waals surface area (Å²) in [5, 5.41) is 15.9. The first kappa shape index (κ1) is 24.5. The van der Waals surface area contributed by atoms with E-state index in [1.54, 1.807) is 30.3 Å². The van der Waals surface area contributed by atoms with Gasteiger partial charge in [0.1, 0.15) is 17.2 Å². The van der Waals surface area contributed by atoms with Gasteiger partial charge >= 0.3 is 12.0 Å². The number of carbonyl (C=O) groups excluding carboxylic acids is 3.